The van der Waals surface area contributed by atoms with E-state index >= 15 is 0 Å². The number of carbonyl (C=O) groups excluding carboxylic acids is 1. The zero-order chi connectivity index (χ0) is 9.98. The van der Waals surface area contributed by atoms with Crippen molar-refractivity contribution in [2.24, 2.45) is 0 Å². The zero-order valence-electron chi connectivity index (χ0n) is 8.64. The molecule has 0 aliphatic rings. The molecule has 0 spiro atoms. The third-order valence-corrected chi connectivity index (χ3v) is 1.20. The summed E-state index contributed by atoms with van der Waals surface area (Å²) in [5.41, 5.74) is 0. The Hall–Kier alpha value is -0.570. The first-order valence-electron chi connectivity index (χ1n) is 4.53. The summed E-state index contributed by atoms with van der Waals surface area (Å²) in [6.07, 6.45) is 2.14. The quantitative estimate of drug-likeness (QED) is 0.600. The Morgan fingerprint density at radius 3 is 1.75 bits per heavy atom. The highest BCUT2D eigenvalue weighted by Crippen LogP contribution is 1.79. The first-order valence-corrected chi connectivity index (χ1v) is 4.53. The van der Waals surface area contributed by atoms with E-state index in [1.807, 2.05) is 0 Å². The maximum absolute atomic E-state index is 9.49. The van der Waals surface area contributed by atoms with Crippen LogP contribution in [0.15, 0.2) is 0 Å². The average molecular weight is 175 g/mol. The summed E-state index contributed by atoms with van der Waals surface area (Å²) >= 11 is 0. The Labute approximate surface area is 75.4 Å². The highest BCUT2D eigenvalue weighted by Gasteiger charge is 1.83. The Kier molecular flexibility index (Phi) is 12.2. The van der Waals surface area contributed by atoms with Gasteiger partial charge >= 0.3 is 0 Å². The van der Waals surface area contributed by atoms with Crippen LogP contribution in [0.3, 0.4) is 0 Å². The maximum atomic E-state index is 9.49. The minimum absolute atomic E-state index is 0.181. The Morgan fingerprint density at radius 1 is 1.25 bits per heavy atom. The van der Waals surface area contributed by atoms with Crippen molar-refractivity contribution >= 4 is 5.97 Å². The fourth-order valence-corrected chi connectivity index (χ4v) is 0.704. The predicted octanol–water partition coefficient (Wildman–Crippen LogP) is -0.923. The van der Waals surface area contributed by atoms with Crippen molar-refractivity contribution in [3.05, 3.63) is 0 Å². The average Bonchev–Trinajstić information content (AvgIpc) is 1.87. The molecule has 3 nitrogen and oxygen atoms in total. The van der Waals surface area contributed by atoms with Gasteiger partial charge in [-0.2, -0.15) is 0 Å². The molecule has 0 saturated carbocycles. The van der Waals surface area contributed by atoms with Crippen LogP contribution in [0.5, 0.6) is 0 Å². The number of carboxylic acids is 1. The number of hydrogen-bond acceptors (Lipinski definition) is 2. The van der Waals surface area contributed by atoms with E-state index in [1.165, 1.54) is 17.9 Å². The van der Waals surface area contributed by atoms with E-state index in [1.54, 1.807) is 6.92 Å². The molecule has 0 saturated heterocycles. The van der Waals surface area contributed by atoms with Crippen molar-refractivity contribution in [3.63, 3.8) is 0 Å². The van der Waals surface area contributed by atoms with Gasteiger partial charge in [0.15, 0.2) is 0 Å². The van der Waals surface area contributed by atoms with Crippen molar-refractivity contribution in [1.82, 2.24) is 0 Å². The van der Waals surface area contributed by atoms with Gasteiger partial charge in [0.1, 0.15) is 0 Å². The summed E-state index contributed by atoms with van der Waals surface area (Å²) in [5.74, 6) is -0.961. The molecule has 0 amide bonds. The van der Waals surface area contributed by atoms with Crippen molar-refractivity contribution in [1.29, 1.82) is 0 Å². The van der Waals surface area contributed by atoms with Gasteiger partial charge in [-0.1, -0.05) is 20.3 Å². The second-order valence-corrected chi connectivity index (χ2v) is 3.08. The van der Waals surface area contributed by atoms with Crippen LogP contribution in [-0.4, -0.2) is 26.6 Å². The zero-order valence-corrected chi connectivity index (χ0v) is 8.64. The SMILES string of the molecule is CCCC(=O)[O-].CCC[NH+](C)C. The molecule has 0 unspecified atom stereocenters. The molecule has 0 heterocycles. The first-order chi connectivity index (χ1) is 5.54. The van der Waals surface area contributed by atoms with Crippen LogP contribution in [0.2, 0.25) is 0 Å². The molecule has 0 aliphatic heterocycles. The molecule has 0 aliphatic carbocycles. The van der Waals surface area contributed by atoms with Gasteiger partial charge < -0.3 is 14.8 Å². The molecule has 0 aromatic rings. The van der Waals surface area contributed by atoms with Crippen LogP contribution in [-0.2, 0) is 4.79 Å². The van der Waals surface area contributed by atoms with Crippen LogP contribution >= 0.6 is 0 Å². The minimum Gasteiger partial charge on any atom is -0.550 e. The Bertz CT molecular complexity index is 103. The third kappa shape index (κ3) is 22.7. The third-order valence-electron chi connectivity index (χ3n) is 1.20. The molecular weight excluding hydrogens is 154 g/mol. The summed E-state index contributed by atoms with van der Waals surface area (Å²) in [6, 6.07) is 0. The standard InChI is InChI=1S/C5H13N.C4H8O2/c1-4-5-6(2)3;1-2-3-4(5)6/h4-5H2,1-3H3;2-3H2,1H3,(H,5,6). The van der Waals surface area contributed by atoms with Gasteiger partial charge in [-0.3, -0.25) is 0 Å². The first kappa shape index (κ1) is 14.0. The van der Waals surface area contributed by atoms with Crippen molar-refractivity contribution in [2.75, 3.05) is 20.6 Å². The number of rotatable bonds is 4. The molecule has 0 aromatic carbocycles. The largest absolute Gasteiger partial charge is 0.550 e. The molecule has 0 aromatic heterocycles. The lowest BCUT2D eigenvalue weighted by Gasteiger charge is -2.01. The van der Waals surface area contributed by atoms with E-state index in [2.05, 4.69) is 21.0 Å². The maximum Gasteiger partial charge on any atom is 0.0764 e. The lowest BCUT2D eigenvalue weighted by molar-refractivity contribution is -0.858. The van der Waals surface area contributed by atoms with E-state index in [4.69, 9.17) is 0 Å². The molecule has 74 valence electrons. The number of nitrogens with one attached hydrogen (secondary N) is 1. The van der Waals surface area contributed by atoms with Gasteiger partial charge in [-0.25, -0.2) is 0 Å². The van der Waals surface area contributed by atoms with Gasteiger partial charge in [-0.05, 0) is 12.8 Å². The topological polar surface area (TPSA) is 44.6 Å². The second-order valence-electron chi connectivity index (χ2n) is 3.08. The number of aliphatic carboxylic acids is 1. The summed E-state index contributed by atoms with van der Waals surface area (Å²) < 4.78 is 0. The number of hydrogen-bond donors (Lipinski definition) is 1. The van der Waals surface area contributed by atoms with E-state index in [9.17, 15) is 9.90 Å². The number of carbonyl (C=O) groups is 1. The molecule has 0 radical (unpaired) electrons. The lowest BCUT2D eigenvalue weighted by atomic mass is 10.4. The molecule has 0 rings (SSSR count). The summed E-state index contributed by atoms with van der Waals surface area (Å²) in [6.45, 7) is 5.29. The fourth-order valence-electron chi connectivity index (χ4n) is 0.704. The second kappa shape index (κ2) is 10.4. The molecule has 0 bridgehead atoms. The Balaban J connectivity index is 0. The van der Waals surface area contributed by atoms with Gasteiger partial charge in [0, 0.05) is 5.97 Å². The van der Waals surface area contributed by atoms with Crippen LogP contribution < -0.4 is 10.0 Å². The minimum atomic E-state index is -0.961. The van der Waals surface area contributed by atoms with Gasteiger partial charge in [0.2, 0.25) is 0 Å². The predicted molar refractivity (Wildman–Crippen MR) is 47.9 cm³/mol. The number of quaternary nitrogens is 1. The van der Waals surface area contributed by atoms with Crippen LogP contribution in [0.4, 0.5) is 0 Å². The molecule has 0 fully saturated rings. The van der Waals surface area contributed by atoms with E-state index in [0.717, 1.165) is 0 Å². The van der Waals surface area contributed by atoms with E-state index in [-0.39, 0.29) is 6.42 Å². The highest BCUT2D eigenvalue weighted by atomic mass is 16.4. The molecule has 0 atom stereocenters. The summed E-state index contributed by atoms with van der Waals surface area (Å²) in [5, 5.41) is 9.49. The van der Waals surface area contributed by atoms with E-state index < -0.39 is 5.97 Å². The van der Waals surface area contributed by atoms with Gasteiger partial charge in [0.25, 0.3) is 0 Å². The molecule has 1 N–H and O–H groups in total. The lowest BCUT2D eigenvalue weighted by Crippen LogP contribution is -3.05. The van der Waals surface area contributed by atoms with Crippen LogP contribution in [0.25, 0.3) is 0 Å². The number of carboxylic acid groups (broad SMARTS) is 1. The van der Waals surface area contributed by atoms with Gasteiger partial charge in [-0.15, -0.1) is 0 Å². The van der Waals surface area contributed by atoms with Crippen molar-refractivity contribution < 1.29 is 14.8 Å². The van der Waals surface area contributed by atoms with E-state index in [0.29, 0.717) is 6.42 Å². The Morgan fingerprint density at radius 2 is 1.75 bits per heavy atom. The normalized spacial score (nSPS) is 9.08. The monoisotopic (exact) mass is 175 g/mol. The molecular formula is C9H21NO2. The molecule has 3 heteroatoms. The van der Waals surface area contributed by atoms with Gasteiger partial charge in [0.05, 0.1) is 20.6 Å². The fraction of sp³-hybridized carbons (Fsp3) is 0.889. The van der Waals surface area contributed by atoms with Crippen LogP contribution in [0.1, 0.15) is 33.1 Å². The van der Waals surface area contributed by atoms with Crippen molar-refractivity contribution in [3.8, 4) is 0 Å². The van der Waals surface area contributed by atoms with Crippen LogP contribution in [0, 0.1) is 0 Å². The summed E-state index contributed by atoms with van der Waals surface area (Å²) in [4.78, 5) is 11.0. The van der Waals surface area contributed by atoms with Crippen molar-refractivity contribution in [2.45, 2.75) is 33.1 Å². The smallest absolute Gasteiger partial charge is 0.0764 e. The summed E-state index contributed by atoms with van der Waals surface area (Å²) in [7, 11) is 4.34. The highest BCUT2D eigenvalue weighted by molar-refractivity contribution is 5.63. The molecule has 12 heavy (non-hydrogen) atoms.